The summed E-state index contributed by atoms with van der Waals surface area (Å²) in [5.41, 5.74) is -0.864. The van der Waals surface area contributed by atoms with Crippen molar-refractivity contribution in [2.24, 2.45) is 0 Å². The molecule has 0 unspecified atom stereocenters. The molecule has 3 rings (SSSR count). The lowest BCUT2D eigenvalue weighted by molar-refractivity contribution is 0.459. The maximum absolute atomic E-state index is 13.7. The van der Waals surface area contributed by atoms with E-state index in [1.807, 2.05) is 5.32 Å². The number of halogens is 4. The van der Waals surface area contributed by atoms with Gasteiger partial charge in [0.05, 0.1) is 4.90 Å². The van der Waals surface area contributed by atoms with Crippen molar-refractivity contribution in [3.05, 3.63) is 72.1 Å². The molecule has 156 valence electrons. The van der Waals surface area contributed by atoms with E-state index in [0.29, 0.717) is 0 Å². The average molecular weight is 457 g/mol. The maximum atomic E-state index is 13.7. The third kappa shape index (κ3) is 4.80. The number of hydrogen-bond acceptors (Lipinski definition) is 5. The van der Waals surface area contributed by atoms with E-state index in [9.17, 15) is 26.0 Å². The number of hydrogen-bond donors (Lipinski definition) is 3. The molecule has 1 aromatic heterocycles. The van der Waals surface area contributed by atoms with Crippen LogP contribution in [0.1, 0.15) is 0 Å². The Hall–Kier alpha value is -3.32. The molecule has 3 aromatic rings. The van der Waals surface area contributed by atoms with E-state index in [0.717, 1.165) is 0 Å². The van der Waals surface area contributed by atoms with Gasteiger partial charge in [0.15, 0.2) is 28.4 Å². The third-order valence-corrected chi connectivity index (χ3v) is 5.11. The fourth-order valence-electron chi connectivity index (χ4n) is 2.21. The first kappa shape index (κ1) is 21.4. The van der Waals surface area contributed by atoms with Crippen molar-refractivity contribution in [1.82, 2.24) is 9.97 Å². The highest BCUT2D eigenvalue weighted by molar-refractivity contribution is 7.92. The molecule has 0 atom stereocenters. The van der Waals surface area contributed by atoms with E-state index in [1.165, 1.54) is 42.7 Å². The Bertz CT molecular complexity index is 1170. The monoisotopic (exact) mass is 457 g/mol. The SMILES string of the molecule is O=S(=O)(Nc1ncccn1)c1ccc(NC(=S)Nc2c(F)c(F)cc(F)c2F)cc1. The highest BCUT2D eigenvalue weighted by atomic mass is 32.2. The van der Waals surface area contributed by atoms with E-state index < -0.39 is 39.0 Å². The van der Waals surface area contributed by atoms with Gasteiger partial charge in [-0.25, -0.2) is 40.7 Å². The molecule has 0 saturated heterocycles. The number of anilines is 3. The Kier molecular flexibility index (Phi) is 6.12. The minimum absolute atomic E-state index is 0.0695. The van der Waals surface area contributed by atoms with Crippen LogP contribution in [0.4, 0.5) is 34.9 Å². The summed E-state index contributed by atoms with van der Waals surface area (Å²) >= 11 is 4.87. The Morgan fingerprint density at radius 1 is 0.900 bits per heavy atom. The summed E-state index contributed by atoms with van der Waals surface area (Å²) < 4.78 is 80.7. The predicted molar refractivity (Wildman–Crippen MR) is 105 cm³/mol. The Morgan fingerprint density at radius 2 is 1.47 bits per heavy atom. The first-order valence-corrected chi connectivity index (χ1v) is 9.87. The number of thiocarbonyl (C=S) groups is 1. The molecule has 0 amide bonds. The second-order valence-corrected chi connectivity index (χ2v) is 7.72. The van der Waals surface area contributed by atoms with E-state index in [-0.39, 0.29) is 27.7 Å². The first-order chi connectivity index (χ1) is 14.2. The lowest BCUT2D eigenvalue weighted by Gasteiger charge is -2.13. The lowest BCUT2D eigenvalue weighted by Crippen LogP contribution is -2.21. The van der Waals surface area contributed by atoms with Gasteiger partial charge in [0.25, 0.3) is 10.0 Å². The van der Waals surface area contributed by atoms with Gasteiger partial charge >= 0.3 is 0 Å². The summed E-state index contributed by atoms with van der Waals surface area (Å²) in [6.07, 6.45) is 2.73. The van der Waals surface area contributed by atoms with Gasteiger partial charge in [0.1, 0.15) is 5.69 Å². The highest BCUT2D eigenvalue weighted by Crippen LogP contribution is 2.24. The number of aromatic nitrogens is 2. The molecule has 0 fully saturated rings. The van der Waals surface area contributed by atoms with Crippen molar-refractivity contribution >= 4 is 44.7 Å². The number of rotatable bonds is 5. The lowest BCUT2D eigenvalue weighted by atomic mass is 10.2. The van der Waals surface area contributed by atoms with Crippen LogP contribution in [-0.4, -0.2) is 23.5 Å². The zero-order valence-electron chi connectivity index (χ0n) is 14.7. The molecule has 0 aliphatic carbocycles. The topological polar surface area (TPSA) is 96.0 Å². The van der Waals surface area contributed by atoms with Crippen LogP contribution in [0.5, 0.6) is 0 Å². The molecule has 0 aliphatic rings. The van der Waals surface area contributed by atoms with Crippen molar-refractivity contribution in [1.29, 1.82) is 0 Å². The molecule has 2 aromatic carbocycles. The van der Waals surface area contributed by atoms with Crippen LogP contribution in [0.2, 0.25) is 0 Å². The summed E-state index contributed by atoms with van der Waals surface area (Å²) in [7, 11) is -3.96. The number of nitrogens with one attached hydrogen (secondary N) is 3. The van der Waals surface area contributed by atoms with Crippen LogP contribution in [0, 0.1) is 23.3 Å². The second kappa shape index (κ2) is 8.59. The molecular weight excluding hydrogens is 446 g/mol. The third-order valence-electron chi connectivity index (χ3n) is 3.56. The molecule has 7 nitrogen and oxygen atoms in total. The molecule has 30 heavy (non-hydrogen) atoms. The minimum Gasteiger partial charge on any atom is -0.332 e. The van der Waals surface area contributed by atoms with Crippen LogP contribution >= 0.6 is 12.2 Å². The summed E-state index contributed by atoms with van der Waals surface area (Å²) in [5, 5.41) is 4.16. The van der Waals surface area contributed by atoms with Gasteiger partial charge in [0.2, 0.25) is 5.95 Å². The molecule has 0 bridgehead atoms. The van der Waals surface area contributed by atoms with Gasteiger partial charge in [-0.1, -0.05) is 0 Å². The van der Waals surface area contributed by atoms with Gasteiger partial charge in [-0.05, 0) is 42.5 Å². The Morgan fingerprint density at radius 3 is 2.03 bits per heavy atom. The zero-order chi connectivity index (χ0) is 21.9. The number of benzene rings is 2. The summed E-state index contributed by atoms with van der Waals surface area (Å²) in [6, 6.07) is 6.66. The fraction of sp³-hybridized carbons (Fsp3) is 0. The van der Waals surface area contributed by atoms with E-state index in [2.05, 4.69) is 20.0 Å². The number of sulfonamides is 1. The average Bonchev–Trinajstić information content (AvgIpc) is 2.70. The van der Waals surface area contributed by atoms with E-state index in [1.54, 1.807) is 0 Å². The molecule has 1 heterocycles. The van der Waals surface area contributed by atoms with Gasteiger partial charge in [-0.15, -0.1) is 0 Å². The minimum atomic E-state index is -3.96. The van der Waals surface area contributed by atoms with Crippen molar-refractivity contribution in [3.8, 4) is 0 Å². The van der Waals surface area contributed by atoms with Gasteiger partial charge in [-0.3, -0.25) is 0 Å². The molecule has 0 spiro atoms. The van der Waals surface area contributed by atoms with Crippen molar-refractivity contribution in [2.75, 3.05) is 15.4 Å². The van der Waals surface area contributed by atoms with Crippen LogP contribution in [0.15, 0.2) is 53.7 Å². The Labute approximate surface area is 173 Å². The fourth-order valence-corrected chi connectivity index (χ4v) is 3.39. The first-order valence-electron chi connectivity index (χ1n) is 7.98. The van der Waals surface area contributed by atoms with Gasteiger partial charge < -0.3 is 10.6 Å². The highest BCUT2D eigenvalue weighted by Gasteiger charge is 2.20. The quantitative estimate of drug-likeness (QED) is 0.306. The molecule has 3 N–H and O–H groups in total. The normalized spacial score (nSPS) is 11.1. The molecule has 13 heteroatoms. The summed E-state index contributed by atoms with van der Waals surface area (Å²) in [4.78, 5) is 7.40. The van der Waals surface area contributed by atoms with Crippen LogP contribution in [0.3, 0.4) is 0 Å². The molecular formula is C17H11F4N5O2S2. The van der Waals surface area contributed by atoms with Gasteiger partial charge in [0, 0.05) is 24.1 Å². The van der Waals surface area contributed by atoms with E-state index in [4.69, 9.17) is 12.2 Å². The summed E-state index contributed by atoms with van der Waals surface area (Å²) in [6.45, 7) is 0. The van der Waals surface area contributed by atoms with Crippen molar-refractivity contribution in [2.45, 2.75) is 4.90 Å². The Balaban J connectivity index is 1.71. The number of nitrogens with zero attached hydrogens (tertiary/aromatic N) is 2. The smallest absolute Gasteiger partial charge is 0.264 e. The van der Waals surface area contributed by atoms with Gasteiger partial charge in [-0.2, -0.15) is 0 Å². The molecule has 0 saturated carbocycles. The van der Waals surface area contributed by atoms with Crippen LogP contribution in [-0.2, 0) is 10.0 Å². The summed E-state index contributed by atoms with van der Waals surface area (Å²) in [5.74, 6) is -6.59. The van der Waals surface area contributed by atoms with Crippen LogP contribution in [0.25, 0.3) is 0 Å². The van der Waals surface area contributed by atoms with Crippen molar-refractivity contribution < 1.29 is 26.0 Å². The van der Waals surface area contributed by atoms with Crippen molar-refractivity contribution in [3.63, 3.8) is 0 Å². The largest absolute Gasteiger partial charge is 0.332 e. The zero-order valence-corrected chi connectivity index (χ0v) is 16.3. The predicted octanol–water partition coefficient (Wildman–Crippen LogP) is 3.64. The maximum Gasteiger partial charge on any atom is 0.264 e. The standard InChI is InChI=1S/C17H11F4N5O2S2/c18-11-8-12(19)14(21)15(13(11)20)25-17(29)24-9-2-4-10(5-3-9)30(27,28)26-16-22-6-1-7-23-16/h1-8H,(H,22,23,26)(H2,24,25,29). The second-order valence-electron chi connectivity index (χ2n) is 5.62. The van der Waals surface area contributed by atoms with Crippen LogP contribution < -0.4 is 15.4 Å². The molecule has 0 aliphatic heterocycles. The van der Waals surface area contributed by atoms with E-state index >= 15 is 0 Å². The molecule has 0 radical (unpaired) electrons.